The van der Waals surface area contributed by atoms with Gasteiger partial charge in [0.25, 0.3) is 0 Å². The summed E-state index contributed by atoms with van der Waals surface area (Å²) in [5, 5.41) is 5.38. The van der Waals surface area contributed by atoms with Gasteiger partial charge in [-0.2, -0.15) is 0 Å². The second-order valence-electron chi connectivity index (χ2n) is 4.30. The number of hydrogen-bond acceptors (Lipinski definition) is 1. The third kappa shape index (κ3) is 4.10. The van der Waals surface area contributed by atoms with E-state index < -0.39 is 0 Å². The molecule has 0 saturated carbocycles. The number of carbonyl (C=O) groups is 1. The number of rotatable bonds is 3. The zero-order valence-corrected chi connectivity index (χ0v) is 10.6. The first kappa shape index (κ1) is 13.1. The maximum Gasteiger partial charge on any atom is 0.319 e. The molecule has 98 valence electrons. The van der Waals surface area contributed by atoms with E-state index in [2.05, 4.69) is 10.6 Å². The summed E-state index contributed by atoms with van der Waals surface area (Å²) in [5.41, 5.74) is 2.58. The van der Waals surface area contributed by atoms with Gasteiger partial charge >= 0.3 is 6.03 Å². The van der Waals surface area contributed by atoms with E-state index in [-0.39, 0.29) is 18.4 Å². The highest BCUT2D eigenvalue weighted by Crippen LogP contribution is 2.08. The standard InChI is InChI=1S/C15H15FN2O/c1-11-5-7-14(8-6-11)18-15(19)17-10-12-3-2-4-13(16)9-12/h2-9H,10H2,1H3,(H2,17,18,19). The Kier molecular flexibility index (Phi) is 4.13. The van der Waals surface area contributed by atoms with Gasteiger partial charge in [0.1, 0.15) is 5.82 Å². The van der Waals surface area contributed by atoms with Crippen LogP contribution in [0.15, 0.2) is 48.5 Å². The van der Waals surface area contributed by atoms with Crippen molar-refractivity contribution in [3.63, 3.8) is 0 Å². The zero-order valence-electron chi connectivity index (χ0n) is 10.6. The SMILES string of the molecule is Cc1ccc(NC(=O)NCc2cccc(F)c2)cc1. The summed E-state index contributed by atoms with van der Waals surface area (Å²) in [6.45, 7) is 2.27. The van der Waals surface area contributed by atoms with Gasteiger partial charge < -0.3 is 10.6 Å². The number of hydrogen-bond donors (Lipinski definition) is 2. The third-order valence-corrected chi connectivity index (χ3v) is 2.65. The Morgan fingerprint density at radius 1 is 1.16 bits per heavy atom. The van der Waals surface area contributed by atoms with Gasteiger partial charge in [0.05, 0.1) is 0 Å². The Morgan fingerprint density at radius 2 is 1.89 bits per heavy atom. The van der Waals surface area contributed by atoms with Crippen LogP contribution in [0.5, 0.6) is 0 Å². The van der Waals surface area contributed by atoms with Gasteiger partial charge in [0.2, 0.25) is 0 Å². The van der Waals surface area contributed by atoms with Gasteiger partial charge in [0, 0.05) is 12.2 Å². The normalized spacial score (nSPS) is 10.0. The average Bonchev–Trinajstić information content (AvgIpc) is 2.39. The van der Waals surface area contributed by atoms with E-state index in [4.69, 9.17) is 0 Å². The lowest BCUT2D eigenvalue weighted by atomic mass is 10.2. The van der Waals surface area contributed by atoms with E-state index in [0.29, 0.717) is 0 Å². The Morgan fingerprint density at radius 3 is 2.58 bits per heavy atom. The molecule has 0 heterocycles. The summed E-state index contributed by atoms with van der Waals surface area (Å²) in [7, 11) is 0. The maximum atomic E-state index is 12.9. The highest BCUT2D eigenvalue weighted by atomic mass is 19.1. The molecule has 0 unspecified atom stereocenters. The van der Waals surface area contributed by atoms with Crippen molar-refractivity contribution in [2.75, 3.05) is 5.32 Å². The molecule has 2 N–H and O–H groups in total. The molecule has 19 heavy (non-hydrogen) atoms. The fourth-order valence-electron chi connectivity index (χ4n) is 1.64. The first-order chi connectivity index (χ1) is 9.13. The van der Waals surface area contributed by atoms with Gasteiger partial charge in [-0.05, 0) is 36.8 Å². The monoisotopic (exact) mass is 258 g/mol. The molecule has 2 amide bonds. The third-order valence-electron chi connectivity index (χ3n) is 2.65. The average molecular weight is 258 g/mol. The van der Waals surface area contributed by atoms with Crippen LogP contribution in [-0.2, 0) is 6.54 Å². The molecule has 4 heteroatoms. The Bertz CT molecular complexity index is 567. The summed E-state index contributed by atoms with van der Waals surface area (Å²) in [4.78, 5) is 11.6. The number of anilines is 1. The smallest absolute Gasteiger partial charge is 0.319 e. The first-order valence-corrected chi connectivity index (χ1v) is 5.99. The van der Waals surface area contributed by atoms with Crippen LogP contribution in [0.4, 0.5) is 14.9 Å². The van der Waals surface area contributed by atoms with Crippen molar-refractivity contribution in [1.82, 2.24) is 5.32 Å². The van der Waals surface area contributed by atoms with Gasteiger partial charge in [-0.3, -0.25) is 0 Å². The number of benzene rings is 2. The summed E-state index contributed by atoms with van der Waals surface area (Å²) in [6, 6.07) is 13.3. The van der Waals surface area contributed by atoms with Crippen LogP contribution >= 0.6 is 0 Å². The van der Waals surface area contributed by atoms with Crippen molar-refractivity contribution in [3.8, 4) is 0 Å². The van der Waals surface area contributed by atoms with E-state index in [1.54, 1.807) is 12.1 Å². The summed E-state index contributed by atoms with van der Waals surface area (Å²) in [5.74, 6) is -0.307. The van der Waals surface area contributed by atoms with E-state index in [1.165, 1.54) is 12.1 Å². The van der Waals surface area contributed by atoms with Crippen LogP contribution < -0.4 is 10.6 Å². The number of halogens is 1. The van der Waals surface area contributed by atoms with Crippen molar-refractivity contribution in [2.45, 2.75) is 13.5 Å². The lowest BCUT2D eigenvalue weighted by molar-refractivity contribution is 0.251. The molecule has 0 aliphatic carbocycles. The molecule has 2 aromatic carbocycles. The van der Waals surface area contributed by atoms with Crippen molar-refractivity contribution in [3.05, 3.63) is 65.5 Å². The minimum atomic E-state index is -0.312. The lowest BCUT2D eigenvalue weighted by Crippen LogP contribution is -2.28. The summed E-state index contributed by atoms with van der Waals surface area (Å²) < 4.78 is 12.9. The van der Waals surface area contributed by atoms with Crippen LogP contribution in [0.2, 0.25) is 0 Å². The summed E-state index contributed by atoms with van der Waals surface area (Å²) >= 11 is 0. The fraction of sp³-hybridized carbons (Fsp3) is 0.133. The molecular weight excluding hydrogens is 243 g/mol. The minimum Gasteiger partial charge on any atom is -0.334 e. The largest absolute Gasteiger partial charge is 0.334 e. The highest BCUT2D eigenvalue weighted by Gasteiger charge is 2.02. The van der Waals surface area contributed by atoms with E-state index in [1.807, 2.05) is 31.2 Å². The van der Waals surface area contributed by atoms with Crippen molar-refractivity contribution in [1.29, 1.82) is 0 Å². The molecule has 0 atom stereocenters. The number of urea groups is 1. The number of amides is 2. The number of nitrogens with one attached hydrogen (secondary N) is 2. The number of aryl methyl sites for hydroxylation is 1. The molecule has 0 saturated heterocycles. The predicted molar refractivity (Wildman–Crippen MR) is 73.4 cm³/mol. The van der Waals surface area contributed by atoms with Crippen LogP contribution in [-0.4, -0.2) is 6.03 Å². The Labute approximate surface area is 111 Å². The lowest BCUT2D eigenvalue weighted by Gasteiger charge is -2.08. The van der Waals surface area contributed by atoms with Crippen LogP contribution in [0.1, 0.15) is 11.1 Å². The van der Waals surface area contributed by atoms with Crippen LogP contribution in [0, 0.1) is 12.7 Å². The quantitative estimate of drug-likeness (QED) is 0.869. The highest BCUT2D eigenvalue weighted by molar-refractivity contribution is 5.89. The van der Waals surface area contributed by atoms with E-state index in [0.717, 1.165) is 16.8 Å². The summed E-state index contributed by atoms with van der Waals surface area (Å²) in [6.07, 6.45) is 0. The van der Waals surface area contributed by atoms with Crippen LogP contribution in [0.3, 0.4) is 0 Å². The first-order valence-electron chi connectivity index (χ1n) is 5.99. The maximum absolute atomic E-state index is 12.9. The Balaban J connectivity index is 1.86. The minimum absolute atomic E-state index is 0.287. The van der Waals surface area contributed by atoms with E-state index >= 15 is 0 Å². The van der Waals surface area contributed by atoms with E-state index in [9.17, 15) is 9.18 Å². The molecular formula is C15H15FN2O. The molecule has 3 nitrogen and oxygen atoms in total. The topological polar surface area (TPSA) is 41.1 Å². The van der Waals surface area contributed by atoms with Crippen molar-refractivity contribution < 1.29 is 9.18 Å². The van der Waals surface area contributed by atoms with Gasteiger partial charge in [-0.1, -0.05) is 29.8 Å². The number of carbonyl (C=O) groups excluding carboxylic acids is 1. The van der Waals surface area contributed by atoms with Crippen molar-refractivity contribution >= 4 is 11.7 Å². The molecule has 0 fully saturated rings. The fourth-order valence-corrected chi connectivity index (χ4v) is 1.64. The van der Waals surface area contributed by atoms with Gasteiger partial charge in [-0.15, -0.1) is 0 Å². The Hall–Kier alpha value is -2.36. The molecule has 0 spiro atoms. The predicted octanol–water partition coefficient (Wildman–Crippen LogP) is 3.46. The molecule has 0 aromatic heterocycles. The van der Waals surface area contributed by atoms with Gasteiger partial charge in [-0.25, -0.2) is 9.18 Å². The van der Waals surface area contributed by atoms with Crippen LogP contribution in [0.25, 0.3) is 0 Å². The molecule has 2 rings (SSSR count). The molecule has 0 aliphatic heterocycles. The zero-order chi connectivity index (χ0) is 13.7. The van der Waals surface area contributed by atoms with Gasteiger partial charge in [0.15, 0.2) is 0 Å². The molecule has 2 aromatic rings. The second kappa shape index (κ2) is 6.00. The molecule has 0 aliphatic rings. The second-order valence-corrected chi connectivity index (χ2v) is 4.30. The van der Waals surface area contributed by atoms with Crippen molar-refractivity contribution in [2.24, 2.45) is 0 Å². The molecule has 0 radical (unpaired) electrons. The molecule has 0 bridgehead atoms.